The number of nitrogens with zero attached hydrogens (tertiary/aromatic N) is 6. The number of nitrogens with one attached hydrogen (secondary N) is 7. The standard InChI is InChI=1S/2C24H27N3O5.C18H18N4O3.C18H17NO2.C17H20N2O2/c28-22(13-19-5-8-23(29)26-24(19)30)21-7-6-20(14-25-21)32-16-18-3-1-17(2-4-18)15-27-9-11-31-12-10-27;28-20(14-19-7-8-22(29)26-24(19)30)23-21(2-1-9-25-23)32-16-18-5-3-17(4-6-18)15-27-10-12-31-13-11-27;1-12-7-8-14(16(23)20-12)21-17(24)15-9-10-19-18(22-15)25-11-13-5-3-2-4-6-13;1-12-9-10-16(17(20)11-12)19-18(21)15-8-4-6-13-5-2-3-7-14(13)15;1-11-7-8-14(15(20)10-11)19-17(21)13-6-2-4-12-5-3-9-18-16(12)13/h1-4,6-7,14,19H,5,8-13,15-16H2,(H,26,29,30);1-6,9,19H,7-8,10-16H2,(H,26,29,30);2-6,9-10,14H,1,7-8,11H2,(H,20,23)(H,21,24);2-8,16H,1,9-11H2,(H,19,21);2,4,6,14,18H,1,3,5,7-10H2,(H,19,21). The van der Waals surface area contributed by atoms with Crippen molar-refractivity contribution in [2.75, 3.05) is 64.5 Å². The zero-order chi connectivity index (χ0) is 92.0. The molecular formula is C101H109N13O17. The van der Waals surface area contributed by atoms with Crippen LogP contribution in [0.25, 0.3) is 10.8 Å². The molecule has 131 heavy (non-hydrogen) atoms. The van der Waals surface area contributed by atoms with Crippen LogP contribution in [0.15, 0.2) is 225 Å². The lowest BCUT2D eigenvalue weighted by Gasteiger charge is -2.26. The second-order valence-corrected chi connectivity index (χ2v) is 33.2. The van der Waals surface area contributed by atoms with Gasteiger partial charge in [-0.15, -0.1) is 0 Å². The van der Waals surface area contributed by atoms with Gasteiger partial charge < -0.3 is 50.3 Å². The summed E-state index contributed by atoms with van der Waals surface area (Å²) < 4.78 is 28.0. The number of anilines is 1. The molecule has 6 aromatic carbocycles. The van der Waals surface area contributed by atoms with Gasteiger partial charge in [0, 0.05) is 120 Å². The number of carbonyl (C=O) groups excluding carboxylic acids is 12. The van der Waals surface area contributed by atoms with Crippen molar-refractivity contribution >= 4 is 86.9 Å². The van der Waals surface area contributed by atoms with Gasteiger partial charge in [0.1, 0.15) is 54.4 Å². The highest BCUT2D eigenvalue weighted by atomic mass is 16.5. The van der Waals surface area contributed by atoms with Crippen molar-refractivity contribution in [1.29, 1.82) is 0 Å². The number of morpholine rings is 2. The Labute approximate surface area is 760 Å². The van der Waals surface area contributed by atoms with Crippen LogP contribution in [0, 0.1) is 11.8 Å². The highest BCUT2D eigenvalue weighted by Crippen LogP contribution is 2.30. The predicted molar refractivity (Wildman–Crippen MR) is 488 cm³/mol. The number of hydrogen-bond donors (Lipinski definition) is 7. The van der Waals surface area contributed by atoms with Gasteiger partial charge in [-0.3, -0.25) is 78.0 Å². The molecule has 0 spiro atoms. The third-order valence-electron chi connectivity index (χ3n) is 23.4. The topological polar surface area (TPSA) is 393 Å². The number of aryl methyl sites for hydroxylation is 1. The maximum absolute atomic E-state index is 12.8. The molecule has 680 valence electrons. The summed E-state index contributed by atoms with van der Waals surface area (Å²) in [5, 5.41) is 20.9. The highest BCUT2D eigenvalue weighted by Gasteiger charge is 2.34. The van der Waals surface area contributed by atoms with Crippen LogP contribution in [0.1, 0.15) is 182 Å². The normalized spacial score (nSPS) is 19.2. The summed E-state index contributed by atoms with van der Waals surface area (Å²) >= 11 is 0. The van der Waals surface area contributed by atoms with E-state index in [0.29, 0.717) is 99.5 Å². The summed E-state index contributed by atoms with van der Waals surface area (Å²) in [4.78, 5) is 166. The predicted octanol–water partition coefficient (Wildman–Crippen LogP) is 11.5. The van der Waals surface area contributed by atoms with Crippen LogP contribution < -0.4 is 51.4 Å². The minimum Gasteiger partial charge on any atom is -0.487 e. The summed E-state index contributed by atoms with van der Waals surface area (Å²) in [6.45, 7) is 22.1. The summed E-state index contributed by atoms with van der Waals surface area (Å²) in [5.74, 6) is -2.82. The summed E-state index contributed by atoms with van der Waals surface area (Å²) in [5.41, 5.74) is 12.1. The van der Waals surface area contributed by atoms with E-state index in [-0.39, 0.29) is 119 Å². The lowest BCUT2D eigenvalue weighted by atomic mass is 9.90. The Morgan fingerprint density at radius 1 is 0.450 bits per heavy atom. The van der Waals surface area contributed by atoms with Crippen molar-refractivity contribution in [3.05, 3.63) is 287 Å². The van der Waals surface area contributed by atoms with Crippen LogP contribution in [0.2, 0.25) is 0 Å². The van der Waals surface area contributed by atoms with E-state index >= 15 is 0 Å². The number of ketones is 4. The number of aromatic nitrogens is 4. The fourth-order valence-electron chi connectivity index (χ4n) is 15.9. The molecule has 2 saturated carbocycles. The van der Waals surface area contributed by atoms with Crippen molar-refractivity contribution in [2.24, 2.45) is 11.8 Å². The number of para-hydroxylation sites is 1. The average Bonchev–Trinajstić information content (AvgIpc) is 0.813. The fraction of sp³-hybridized carbons (Fsp3) is 0.347. The van der Waals surface area contributed by atoms with E-state index < -0.39 is 29.7 Å². The number of benzene rings is 6. The molecule has 9 aromatic rings. The Balaban J connectivity index is 0.000000141. The number of hydrogen-bond acceptors (Lipinski definition) is 24. The average molecular weight is 1780 g/mol. The summed E-state index contributed by atoms with van der Waals surface area (Å²) in [6, 6.07) is 52.3. The molecule has 5 unspecified atom stereocenters. The van der Waals surface area contributed by atoms with Crippen LogP contribution in [0.4, 0.5) is 5.69 Å². The molecule has 2 aliphatic carbocycles. The minimum absolute atomic E-state index is 0.00270. The van der Waals surface area contributed by atoms with E-state index in [1.807, 2.05) is 97.1 Å². The van der Waals surface area contributed by atoms with Gasteiger partial charge in [-0.05, 0) is 151 Å². The third kappa shape index (κ3) is 28.3. The molecule has 17 rings (SSSR count). The zero-order valence-corrected chi connectivity index (χ0v) is 73.2. The van der Waals surface area contributed by atoms with Gasteiger partial charge >= 0.3 is 6.01 Å². The molecule has 5 atom stereocenters. The maximum Gasteiger partial charge on any atom is 0.317 e. The van der Waals surface area contributed by atoms with Gasteiger partial charge in [-0.2, -0.15) is 4.98 Å². The first kappa shape index (κ1) is 94.7. The van der Waals surface area contributed by atoms with Crippen LogP contribution in [0.5, 0.6) is 17.5 Å². The number of fused-ring (bicyclic) bond motifs is 2. The van der Waals surface area contributed by atoms with Gasteiger partial charge in [0.05, 0.1) is 56.0 Å². The number of pyridine rings is 2. The number of carbonyl (C=O) groups is 12. The van der Waals surface area contributed by atoms with E-state index in [2.05, 4.69) is 123 Å². The minimum atomic E-state index is -0.596. The van der Waals surface area contributed by atoms with Gasteiger partial charge in [-0.25, -0.2) is 15.0 Å². The molecule has 9 heterocycles. The van der Waals surface area contributed by atoms with E-state index in [1.165, 1.54) is 41.3 Å². The second kappa shape index (κ2) is 47.4. The van der Waals surface area contributed by atoms with Crippen LogP contribution in [-0.2, 0) is 82.4 Å². The molecule has 8 aliphatic rings. The maximum atomic E-state index is 12.8. The lowest BCUT2D eigenvalue weighted by molar-refractivity contribution is -0.137. The zero-order valence-electron chi connectivity index (χ0n) is 73.2. The molecule has 30 heteroatoms. The molecule has 6 aliphatic heterocycles. The van der Waals surface area contributed by atoms with Gasteiger partial charge in [-0.1, -0.05) is 158 Å². The number of allylic oxidation sites excluding steroid dienone is 3. The number of Topliss-reactive ketones (excluding diaryl/α,β-unsaturated/α-hetero) is 4. The molecule has 5 saturated heterocycles. The second-order valence-electron chi connectivity index (χ2n) is 33.2. The first-order chi connectivity index (χ1) is 63.6. The first-order valence-corrected chi connectivity index (χ1v) is 44.4. The van der Waals surface area contributed by atoms with E-state index in [4.69, 9.17) is 23.7 Å². The smallest absolute Gasteiger partial charge is 0.317 e. The number of ether oxygens (including phenoxy) is 5. The van der Waals surface area contributed by atoms with E-state index in [1.54, 1.807) is 30.3 Å². The summed E-state index contributed by atoms with van der Waals surface area (Å²) in [7, 11) is 0. The molecule has 0 radical (unpaired) electrons. The molecule has 3 aromatic heterocycles. The summed E-state index contributed by atoms with van der Waals surface area (Å²) in [6.07, 6.45) is 12.7. The molecule has 8 amide bonds. The number of amides is 8. The molecule has 30 nitrogen and oxygen atoms in total. The van der Waals surface area contributed by atoms with Crippen molar-refractivity contribution in [3.63, 3.8) is 0 Å². The van der Waals surface area contributed by atoms with Crippen molar-refractivity contribution in [1.82, 2.24) is 61.6 Å². The van der Waals surface area contributed by atoms with Gasteiger partial charge in [0.15, 0.2) is 23.1 Å². The SMILES string of the molecule is C=C1CCC(NC(=O)c2cccc3c2NCCC3)C(=O)C1.C=C1CCC(NC(=O)c2cccc3ccccc23)C(=O)C1.C=C1CCC(NC(=O)c2ccnc(OCc3ccccc3)n2)C(=O)N1.O=C1CCC(CC(=O)c2ccc(OCc3ccc(CN4CCOCC4)cc3)cn2)C(=O)N1.O=C1CCC(CC(=O)c2ncccc2OCc2ccc(CN3CCOCC3)cc2)C(=O)N1. The van der Waals surface area contributed by atoms with Gasteiger partial charge in [0.2, 0.25) is 29.5 Å². The largest absolute Gasteiger partial charge is 0.487 e. The Hall–Kier alpha value is -13.9. The third-order valence-corrected chi connectivity index (χ3v) is 23.4. The van der Waals surface area contributed by atoms with Crippen molar-refractivity contribution < 1.29 is 81.2 Å². The molecule has 0 bridgehead atoms. The Morgan fingerprint density at radius 3 is 1.60 bits per heavy atom. The van der Waals surface area contributed by atoms with Gasteiger partial charge in [0.25, 0.3) is 17.7 Å². The number of imide groups is 2. The van der Waals surface area contributed by atoms with Crippen LogP contribution in [-0.4, -0.2) is 177 Å². The van der Waals surface area contributed by atoms with E-state index in [0.717, 1.165) is 142 Å². The molecular weight excluding hydrogens is 1670 g/mol. The Kier molecular flexibility index (Phi) is 34.2. The fourth-order valence-corrected chi connectivity index (χ4v) is 15.9. The van der Waals surface area contributed by atoms with Crippen LogP contribution in [0.3, 0.4) is 0 Å². The lowest BCUT2D eigenvalue weighted by Crippen LogP contribution is -2.49. The monoisotopic (exact) mass is 1780 g/mol. The Bertz CT molecular complexity index is 5640. The van der Waals surface area contributed by atoms with Crippen LogP contribution >= 0.6 is 0 Å². The highest BCUT2D eigenvalue weighted by molar-refractivity contribution is 6.09. The van der Waals surface area contributed by atoms with Crippen molar-refractivity contribution in [2.45, 2.75) is 154 Å². The number of piperidine rings is 3. The van der Waals surface area contributed by atoms with Crippen molar-refractivity contribution in [3.8, 4) is 17.5 Å². The molecule has 7 fully saturated rings. The quantitative estimate of drug-likeness (QED) is 0.0159. The Morgan fingerprint density at radius 2 is 0.992 bits per heavy atom. The number of rotatable bonds is 25. The first-order valence-electron chi connectivity index (χ1n) is 44.4. The van der Waals surface area contributed by atoms with E-state index in [9.17, 15) is 57.5 Å². The molecule has 7 N–H and O–H groups in total.